The van der Waals surface area contributed by atoms with Crippen molar-refractivity contribution < 1.29 is 22.7 Å². The lowest BCUT2D eigenvalue weighted by atomic mass is 10.2. The average molecular weight is 304 g/mol. The van der Waals surface area contributed by atoms with Crippen LogP contribution in [0.2, 0.25) is 0 Å². The van der Waals surface area contributed by atoms with Gasteiger partial charge in [-0.2, -0.15) is 0 Å². The maximum Gasteiger partial charge on any atom is 0.232 e. The molecule has 1 atom stereocenters. The molecule has 8 heteroatoms. The predicted molar refractivity (Wildman–Crippen MR) is 71.8 cm³/mol. The Morgan fingerprint density at radius 3 is 2.50 bits per heavy atom. The average Bonchev–Trinajstić information content (AvgIpc) is 2.79. The molecule has 0 spiro atoms. The van der Waals surface area contributed by atoms with Crippen LogP contribution in [-0.4, -0.2) is 80.9 Å². The molecule has 0 N–H and O–H groups in total. The molecule has 2 fully saturated rings. The summed E-state index contributed by atoms with van der Waals surface area (Å²) < 4.78 is 28.0. The highest BCUT2D eigenvalue weighted by molar-refractivity contribution is 7.91. The van der Waals surface area contributed by atoms with Crippen LogP contribution in [0.1, 0.15) is 12.8 Å². The number of rotatable bonds is 3. The van der Waals surface area contributed by atoms with Crippen LogP contribution >= 0.6 is 0 Å². The first kappa shape index (κ1) is 15.2. The standard InChI is InChI=1S/C12H20N2O5S/c1-13(10-2-7-20(17,18)9-10)11(15)8-12(16)14-3-5-19-6-4-14/h10H,2-9H2,1H3. The molecule has 0 aromatic carbocycles. The lowest BCUT2D eigenvalue weighted by molar-refractivity contribution is -0.143. The van der Waals surface area contributed by atoms with Crippen molar-refractivity contribution in [2.24, 2.45) is 0 Å². The molecule has 2 saturated heterocycles. The minimum atomic E-state index is -3.03. The molecule has 2 aliphatic heterocycles. The topological polar surface area (TPSA) is 84.0 Å². The normalized spacial score (nSPS) is 25.4. The molecule has 0 bridgehead atoms. The van der Waals surface area contributed by atoms with Gasteiger partial charge in [-0.3, -0.25) is 9.59 Å². The quantitative estimate of drug-likeness (QED) is 0.617. The van der Waals surface area contributed by atoms with Crippen molar-refractivity contribution in [3.05, 3.63) is 0 Å². The molecule has 20 heavy (non-hydrogen) atoms. The van der Waals surface area contributed by atoms with Gasteiger partial charge in [0.25, 0.3) is 0 Å². The lowest BCUT2D eigenvalue weighted by Crippen LogP contribution is -2.44. The number of carbonyl (C=O) groups is 2. The maximum absolute atomic E-state index is 12.0. The van der Waals surface area contributed by atoms with E-state index in [-0.39, 0.29) is 35.8 Å². The van der Waals surface area contributed by atoms with Crippen molar-refractivity contribution in [2.75, 3.05) is 44.9 Å². The third-order valence-electron chi connectivity index (χ3n) is 3.82. The molecule has 2 heterocycles. The summed E-state index contributed by atoms with van der Waals surface area (Å²) in [5.74, 6) is -0.414. The molecule has 2 amide bonds. The Balaban J connectivity index is 1.86. The van der Waals surface area contributed by atoms with E-state index in [2.05, 4.69) is 0 Å². The summed E-state index contributed by atoms with van der Waals surface area (Å²) in [6.07, 6.45) is 0.253. The van der Waals surface area contributed by atoms with E-state index < -0.39 is 9.84 Å². The fourth-order valence-electron chi connectivity index (χ4n) is 2.46. The van der Waals surface area contributed by atoms with Gasteiger partial charge in [-0.1, -0.05) is 0 Å². The predicted octanol–water partition coefficient (Wildman–Crippen LogP) is -1.12. The molecular weight excluding hydrogens is 284 g/mol. The van der Waals surface area contributed by atoms with Gasteiger partial charge in [0, 0.05) is 26.2 Å². The third kappa shape index (κ3) is 3.69. The molecule has 0 radical (unpaired) electrons. The van der Waals surface area contributed by atoms with E-state index in [1.165, 1.54) is 4.90 Å². The summed E-state index contributed by atoms with van der Waals surface area (Å²) >= 11 is 0. The number of sulfone groups is 1. The summed E-state index contributed by atoms with van der Waals surface area (Å²) in [5.41, 5.74) is 0. The van der Waals surface area contributed by atoms with Crippen LogP contribution in [0.25, 0.3) is 0 Å². The van der Waals surface area contributed by atoms with Gasteiger partial charge in [-0.25, -0.2) is 8.42 Å². The number of hydrogen-bond donors (Lipinski definition) is 0. The van der Waals surface area contributed by atoms with Crippen LogP contribution in [0.3, 0.4) is 0 Å². The van der Waals surface area contributed by atoms with Crippen molar-refractivity contribution in [3.63, 3.8) is 0 Å². The lowest BCUT2D eigenvalue weighted by Gasteiger charge is -2.28. The molecule has 2 rings (SSSR count). The van der Waals surface area contributed by atoms with Crippen molar-refractivity contribution in [1.82, 2.24) is 9.80 Å². The second kappa shape index (κ2) is 6.09. The van der Waals surface area contributed by atoms with Gasteiger partial charge >= 0.3 is 0 Å². The van der Waals surface area contributed by atoms with Gasteiger partial charge in [0.05, 0.1) is 24.7 Å². The molecule has 0 saturated carbocycles. The van der Waals surface area contributed by atoms with E-state index in [0.717, 1.165) is 0 Å². The van der Waals surface area contributed by atoms with E-state index in [9.17, 15) is 18.0 Å². The minimum Gasteiger partial charge on any atom is -0.378 e. The number of amides is 2. The number of nitrogens with zero attached hydrogens (tertiary/aromatic N) is 2. The van der Waals surface area contributed by atoms with Crippen molar-refractivity contribution in [2.45, 2.75) is 18.9 Å². The van der Waals surface area contributed by atoms with Crippen LogP contribution in [0.4, 0.5) is 0 Å². The van der Waals surface area contributed by atoms with E-state index >= 15 is 0 Å². The summed E-state index contributed by atoms with van der Waals surface area (Å²) in [6, 6.07) is -0.301. The van der Waals surface area contributed by atoms with E-state index in [1.807, 2.05) is 0 Å². The van der Waals surface area contributed by atoms with Crippen molar-refractivity contribution in [1.29, 1.82) is 0 Å². The number of morpholine rings is 1. The Bertz CT molecular complexity index is 484. The van der Waals surface area contributed by atoms with Gasteiger partial charge in [-0.05, 0) is 6.42 Å². The number of carbonyl (C=O) groups excluding carboxylic acids is 2. The Morgan fingerprint density at radius 1 is 1.30 bits per heavy atom. The first-order valence-electron chi connectivity index (χ1n) is 6.70. The SMILES string of the molecule is CN(C(=O)CC(=O)N1CCOCC1)C1CCS(=O)(=O)C1. The highest BCUT2D eigenvalue weighted by Crippen LogP contribution is 2.17. The first-order valence-corrected chi connectivity index (χ1v) is 8.53. The Labute approximate surface area is 118 Å². The summed E-state index contributed by atoms with van der Waals surface area (Å²) in [5, 5.41) is 0. The van der Waals surface area contributed by atoms with Gasteiger partial charge in [-0.15, -0.1) is 0 Å². The maximum atomic E-state index is 12.0. The van der Waals surface area contributed by atoms with Gasteiger partial charge in [0.15, 0.2) is 9.84 Å². The largest absolute Gasteiger partial charge is 0.378 e. The number of hydrogen-bond acceptors (Lipinski definition) is 5. The molecule has 7 nitrogen and oxygen atoms in total. The van der Waals surface area contributed by atoms with E-state index in [0.29, 0.717) is 32.7 Å². The Morgan fingerprint density at radius 2 is 1.95 bits per heavy atom. The minimum absolute atomic E-state index is 0.000977. The highest BCUT2D eigenvalue weighted by Gasteiger charge is 2.33. The molecule has 0 aromatic heterocycles. The van der Waals surface area contributed by atoms with Gasteiger partial charge < -0.3 is 14.5 Å². The molecule has 0 aliphatic carbocycles. The summed E-state index contributed by atoms with van der Waals surface area (Å²) in [6.45, 7) is 2.01. The third-order valence-corrected chi connectivity index (χ3v) is 5.57. The fourth-order valence-corrected chi connectivity index (χ4v) is 4.24. The molecule has 114 valence electrons. The molecular formula is C12H20N2O5S. The fraction of sp³-hybridized carbons (Fsp3) is 0.833. The molecule has 2 aliphatic rings. The van der Waals surface area contributed by atoms with Gasteiger partial charge in [0.2, 0.25) is 11.8 Å². The van der Waals surface area contributed by atoms with Crippen LogP contribution < -0.4 is 0 Å². The second-order valence-corrected chi connectivity index (χ2v) is 7.46. The monoisotopic (exact) mass is 304 g/mol. The van der Waals surface area contributed by atoms with Gasteiger partial charge in [0.1, 0.15) is 6.42 Å². The zero-order chi connectivity index (χ0) is 14.8. The van der Waals surface area contributed by atoms with Crippen LogP contribution in [0.15, 0.2) is 0 Å². The summed E-state index contributed by atoms with van der Waals surface area (Å²) in [4.78, 5) is 27.0. The van der Waals surface area contributed by atoms with Crippen LogP contribution in [-0.2, 0) is 24.2 Å². The Hall–Kier alpha value is -1.15. The highest BCUT2D eigenvalue weighted by atomic mass is 32.2. The van der Waals surface area contributed by atoms with E-state index in [1.54, 1.807) is 11.9 Å². The second-order valence-electron chi connectivity index (χ2n) is 5.23. The number of ether oxygens (including phenoxy) is 1. The van der Waals surface area contributed by atoms with Crippen LogP contribution in [0, 0.1) is 0 Å². The summed E-state index contributed by atoms with van der Waals surface area (Å²) in [7, 11) is -1.46. The zero-order valence-corrected chi connectivity index (χ0v) is 12.4. The Kier molecular flexibility index (Phi) is 4.64. The van der Waals surface area contributed by atoms with E-state index in [4.69, 9.17) is 4.74 Å². The zero-order valence-electron chi connectivity index (χ0n) is 11.6. The smallest absolute Gasteiger partial charge is 0.232 e. The van der Waals surface area contributed by atoms with Crippen molar-refractivity contribution in [3.8, 4) is 0 Å². The first-order chi connectivity index (χ1) is 9.39. The van der Waals surface area contributed by atoms with Crippen molar-refractivity contribution >= 4 is 21.7 Å². The molecule has 1 unspecified atom stereocenters. The molecule has 0 aromatic rings. The van der Waals surface area contributed by atoms with Crippen LogP contribution in [0.5, 0.6) is 0 Å².